The first-order valence-electron chi connectivity index (χ1n) is 13.9. The van der Waals surface area contributed by atoms with Gasteiger partial charge in [-0.2, -0.15) is 9.97 Å². The summed E-state index contributed by atoms with van der Waals surface area (Å²) in [6, 6.07) is 15.2. The average Bonchev–Trinajstić information content (AvgIpc) is 3.40. The van der Waals surface area contributed by atoms with Crippen molar-refractivity contribution < 1.29 is 17.9 Å². The molecule has 218 valence electrons. The van der Waals surface area contributed by atoms with Gasteiger partial charge in [-0.3, -0.25) is 4.90 Å². The zero-order valence-corrected chi connectivity index (χ0v) is 24.9. The van der Waals surface area contributed by atoms with E-state index >= 15 is 0 Å². The molecule has 0 spiro atoms. The molecule has 0 amide bonds. The molecule has 2 N–H and O–H groups in total. The van der Waals surface area contributed by atoms with E-state index in [0.717, 1.165) is 49.5 Å². The van der Waals surface area contributed by atoms with Crippen molar-refractivity contribution in [2.24, 2.45) is 0 Å². The maximum atomic E-state index is 12.6. The minimum atomic E-state index is -3.36. The van der Waals surface area contributed by atoms with Crippen molar-refractivity contribution in [1.82, 2.24) is 24.8 Å². The molecule has 0 atom stereocenters. The molecule has 11 heteroatoms. The second kappa shape index (κ2) is 12.6. The number of aromatic nitrogens is 3. The Hall–Kier alpha value is -3.51. The summed E-state index contributed by atoms with van der Waals surface area (Å²) in [6.07, 6.45) is 1.84. The van der Waals surface area contributed by atoms with Crippen molar-refractivity contribution in [2.45, 2.75) is 30.5 Å². The van der Waals surface area contributed by atoms with Crippen molar-refractivity contribution in [2.75, 3.05) is 58.9 Å². The fourth-order valence-electron chi connectivity index (χ4n) is 4.79. The van der Waals surface area contributed by atoms with Crippen LogP contribution in [0.1, 0.15) is 19.4 Å². The second-order valence-corrected chi connectivity index (χ2v) is 13.1. The first kappa shape index (κ1) is 29.0. The molecular formula is C30H38N6O4S. The quantitative estimate of drug-likeness (QED) is 0.251. The van der Waals surface area contributed by atoms with Crippen LogP contribution in [0.15, 0.2) is 59.6 Å². The highest BCUT2D eigenvalue weighted by Gasteiger charge is 2.21. The number of nitrogens with zero attached hydrogens (tertiary/aromatic N) is 4. The van der Waals surface area contributed by atoms with Gasteiger partial charge in [-0.15, -0.1) is 0 Å². The van der Waals surface area contributed by atoms with Gasteiger partial charge in [-0.05, 0) is 56.3 Å². The van der Waals surface area contributed by atoms with Gasteiger partial charge in [0.15, 0.2) is 9.84 Å². The van der Waals surface area contributed by atoms with Crippen molar-refractivity contribution in [3.63, 3.8) is 0 Å². The average molecular weight is 579 g/mol. The Morgan fingerprint density at radius 2 is 1.68 bits per heavy atom. The number of nitrogens with one attached hydrogen (secondary N) is 2. The van der Waals surface area contributed by atoms with Crippen LogP contribution in [0.4, 0.5) is 11.6 Å². The van der Waals surface area contributed by atoms with E-state index in [9.17, 15) is 8.42 Å². The van der Waals surface area contributed by atoms with Gasteiger partial charge in [-0.1, -0.05) is 24.3 Å². The summed E-state index contributed by atoms with van der Waals surface area (Å²) >= 11 is 0. The molecule has 0 aliphatic carbocycles. The summed E-state index contributed by atoms with van der Waals surface area (Å²) < 4.78 is 36.4. The molecule has 0 radical (unpaired) electrons. The number of hydrogen-bond acceptors (Lipinski definition) is 9. The first-order chi connectivity index (χ1) is 19.7. The van der Waals surface area contributed by atoms with Gasteiger partial charge in [0.2, 0.25) is 11.8 Å². The number of piperazine rings is 1. The SMILES string of the molecule is COCCOc1nc(Nc2ccc(CN3CCN(C)CC3)cc2)nc2[nH]cc(-c3ccc(S(=O)(=O)C(C)C)cc3)c12. The standard InChI is InChI=1S/C30H38N6O4S/c1-21(2)41(37,38)25-11-7-23(8-12-25)26-19-31-28-27(26)29(40-18-17-39-4)34-30(33-28)32-24-9-5-22(6-10-24)20-36-15-13-35(3)14-16-36/h5-12,19,21H,13-18,20H2,1-4H3,(H2,31,32,33,34). The third-order valence-electron chi connectivity index (χ3n) is 7.35. The highest BCUT2D eigenvalue weighted by atomic mass is 32.2. The van der Waals surface area contributed by atoms with Crippen LogP contribution in [0.2, 0.25) is 0 Å². The zero-order valence-electron chi connectivity index (χ0n) is 24.1. The number of fused-ring (bicyclic) bond motifs is 1. The van der Waals surface area contributed by atoms with Gasteiger partial charge in [0.25, 0.3) is 0 Å². The minimum absolute atomic E-state index is 0.296. The van der Waals surface area contributed by atoms with Gasteiger partial charge in [-0.25, -0.2) is 8.42 Å². The molecule has 1 saturated heterocycles. The van der Waals surface area contributed by atoms with Gasteiger partial charge in [0.1, 0.15) is 12.3 Å². The lowest BCUT2D eigenvalue weighted by Gasteiger charge is -2.32. The molecule has 1 aliphatic rings. The predicted octanol–water partition coefficient (Wildman–Crippen LogP) is 4.32. The van der Waals surface area contributed by atoms with E-state index in [0.29, 0.717) is 41.0 Å². The minimum Gasteiger partial charge on any atom is -0.475 e. The van der Waals surface area contributed by atoms with Crippen molar-refractivity contribution in [1.29, 1.82) is 0 Å². The van der Waals surface area contributed by atoms with Crippen molar-refractivity contribution >= 4 is 32.5 Å². The smallest absolute Gasteiger partial charge is 0.232 e. The van der Waals surface area contributed by atoms with Crippen LogP contribution < -0.4 is 10.1 Å². The summed E-state index contributed by atoms with van der Waals surface area (Å²) in [4.78, 5) is 17.8. The molecule has 0 bridgehead atoms. The molecular weight excluding hydrogens is 540 g/mol. The number of ether oxygens (including phenoxy) is 2. The van der Waals surface area contributed by atoms with E-state index in [1.54, 1.807) is 45.2 Å². The maximum Gasteiger partial charge on any atom is 0.232 e. The van der Waals surface area contributed by atoms with E-state index in [1.165, 1.54) is 5.56 Å². The topological polar surface area (TPSA) is 113 Å². The van der Waals surface area contributed by atoms with E-state index in [2.05, 4.69) is 39.3 Å². The monoisotopic (exact) mass is 578 g/mol. The lowest BCUT2D eigenvalue weighted by molar-refractivity contribution is 0.144. The van der Waals surface area contributed by atoms with Crippen LogP contribution in [0, 0.1) is 0 Å². The fraction of sp³-hybridized carbons (Fsp3) is 0.400. The molecule has 0 saturated carbocycles. The zero-order chi connectivity index (χ0) is 29.0. The number of sulfone groups is 1. The number of methoxy groups -OCH3 is 1. The lowest BCUT2D eigenvalue weighted by Crippen LogP contribution is -2.43. The molecule has 3 heterocycles. The third-order valence-corrected chi connectivity index (χ3v) is 9.52. The molecule has 0 unspecified atom stereocenters. The number of likely N-dealkylation sites (N-methyl/N-ethyl adjacent to an activating group) is 1. The molecule has 4 aromatic rings. The van der Waals surface area contributed by atoms with Gasteiger partial charge >= 0.3 is 0 Å². The summed E-state index contributed by atoms with van der Waals surface area (Å²) in [5.41, 5.74) is 4.40. The maximum absolute atomic E-state index is 12.6. The van der Waals surface area contributed by atoms with Crippen molar-refractivity contribution in [3.8, 4) is 17.0 Å². The van der Waals surface area contributed by atoms with Gasteiger partial charge in [0, 0.05) is 57.3 Å². The Balaban J connectivity index is 1.39. The van der Waals surface area contributed by atoms with E-state index in [-0.39, 0.29) is 0 Å². The van der Waals surface area contributed by atoms with E-state index in [1.807, 2.05) is 18.3 Å². The lowest BCUT2D eigenvalue weighted by atomic mass is 10.1. The first-order valence-corrected chi connectivity index (χ1v) is 15.4. The number of hydrogen-bond donors (Lipinski definition) is 2. The summed E-state index contributed by atoms with van der Waals surface area (Å²) in [7, 11) is 0.425. The van der Waals surface area contributed by atoms with Crippen LogP contribution in [0.5, 0.6) is 5.88 Å². The number of aromatic amines is 1. The Labute approximate surface area is 241 Å². The fourth-order valence-corrected chi connectivity index (χ4v) is 5.85. The number of benzene rings is 2. The van der Waals surface area contributed by atoms with Crippen LogP contribution in [0.25, 0.3) is 22.2 Å². The van der Waals surface area contributed by atoms with Gasteiger partial charge < -0.3 is 24.7 Å². The molecule has 10 nitrogen and oxygen atoms in total. The molecule has 2 aromatic heterocycles. The Morgan fingerprint density at radius 1 is 0.976 bits per heavy atom. The normalized spacial score (nSPS) is 15.0. The Kier molecular flexibility index (Phi) is 8.88. The molecule has 41 heavy (non-hydrogen) atoms. The van der Waals surface area contributed by atoms with Crippen LogP contribution >= 0.6 is 0 Å². The van der Waals surface area contributed by atoms with E-state index < -0.39 is 15.1 Å². The molecule has 5 rings (SSSR count). The van der Waals surface area contributed by atoms with E-state index in [4.69, 9.17) is 19.4 Å². The van der Waals surface area contributed by atoms with Gasteiger partial charge in [0.05, 0.1) is 22.1 Å². The highest BCUT2D eigenvalue weighted by Crippen LogP contribution is 2.35. The van der Waals surface area contributed by atoms with Crippen LogP contribution in [-0.2, 0) is 21.1 Å². The number of rotatable bonds is 11. The summed E-state index contributed by atoms with van der Waals surface area (Å²) in [6.45, 7) is 9.37. The molecule has 1 fully saturated rings. The largest absolute Gasteiger partial charge is 0.475 e. The van der Waals surface area contributed by atoms with Crippen LogP contribution in [0.3, 0.4) is 0 Å². The third kappa shape index (κ3) is 6.70. The highest BCUT2D eigenvalue weighted by molar-refractivity contribution is 7.92. The Morgan fingerprint density at radius 3 is 2.34 bits per heavy atom. The molecule has 2 aromatic carbocycles. The second-order valence-electron chi connectivity index (χ2n) is 10.6. The summed E-state index contributed by atoms with van der Waals surface area (Å²) in [5, 5.41) is 3.53. The Bertz CT molecular complexity index is 1560. The number of anilines is 2. The van der Waals surface area contributed by atoms with Crippen LogP contribution in [-0.4, -0.2) is 92.0 Å². The number of H-pyrrole nitrogens is 1. The molecule has 1 aliphatic heterocycles. The van der Waals surface area contributed by atoms with Crippen molar-refractivity contribution in [3.05, 3.63) is 60.3 Å². The predicted molar refractivity (Wildman–Crippen MR) is 162 cm³/mol. The summed E-state index contributed by atoms with van der Waals surface area (Å²) in [5.74, 6) is 0.819.